The number of hydrogen-bond donors (Lipinski definition) is 3. The first-order chi connectivity index (χ1) is 10.6. The van der Waals surface area contributed by atoms with E-state index in [0.29, 0.717) is 5.69 Å². The fourth-order valence-corrected chi connectivity index (χ4v) is 1.97. The molecule has 0 fully saturated rings. The first-order valence-electron chi connectivity index (χ1n) is 7.09. The van der Waals surface area contributed by atoms with Gasteiger partial charge in [0.15, 0.2) is 0 Å². The average molecular weight is 297 g/mol. The first kappa shape index (κ1) is 15.6. The van der Waals surface area contributed by atoms with Crippen molar-refractivity contribution >= 4 is 17.6 Å². The van der Waals surface area contributed by atoms with Gasteiger partial charge in [0.25, 0.3) is 0 Å². The maximum Gasteiger partial charge on any atom is 0.319 e. The van der Waals surface area contributed by atoms with Crippen LogP contribution in [0, 0.1) is 0 Å². The molecule has 0 radical (unpaired) electrons. The molecule has 3 N–H and O–H groups in total. The molecule has 2 aromatic rings. The molecule has 3 amide bonds. The first-order valence-corrected chi connectivity index (χ1v) is 7.09. The van der Waals surface area contributed by atoms with Crippen LogP contribution in [0.15, 0.2) is 60.7 Å². The van der Waals surface area contributed by atoms with Crippen molar-refractivity contribution in [1.29, 1.82) is 0 Å². The summed E-state index contributed by atoms with van der Waals surface area (Å²) in [6, 6.07) is 18.2. The van der Waals surface area contributed by atoms with E-state index in [9.17, 15) is 9.59 Å². The van der Waals surface area contributed by atoms with Gasteiger partial charge in [0.05, 0.1) is 12.6 Å². The molecular weight excluding hydrogens is 278 g/mol. The lowest BCUT2D eigenvalue weighted by Gasteiger charge is -2.14. The molecule has 0 aliphatic rings. The highest BCUT2D eigenvalue weighted by Gasteiger charge is 2.10. The van der Waals surface area contributed by atoms with E-state index >= 15 is 0 Å². The van der Waals surface area contributed by atoms with Crippen LogP contribution in [0.2, 0.25) is 0 Å². The number of para-hydroxylation sites is 1. The van der Waals surface area contributed by atoms with Gasteiger partial charge in [-0.2, -0.15) is 0 Å². The van der Waals surface area contributed by atoms with Crippen LogP contribution in [0.3, 0.4) is 0 Å². The van der Waals surface area contributed by atoms with Crippen molar-refractivity contribution in [2.24, 2.45) is 0 Å². The number of hydrogen-bond acceptors (Lipinski definition) is 2. The second-order valence-electron chi connectivity index (χ2n) is 4.87. The summed E-state index contributed by atoms with van der Waals surface area (Å²) in [5.74, 6) is -0.237. The van der Waals surface area contributed by atoms with Gasteiger partial charge in [0.2, 0.25) is 5.91 Å². The van der Waals surface area contributed by atoms with Crippen molar-refractivity contribution in [3.63, 3.8) is 0 Å². The molecule has 0 aliphatic heterocycles. The smallest absolute Gasteiger partial charge is 0.319 e. The molecule has 1 unspecified atom stereocenters. The summed E-state index contributed by atoms with van der Waals surface area (Å²) in [5, 5.41) is 8.01. The zero-order valence-electron chi connectivity index (χ0n) is 12.4. The zero-order chi connectivity index (χ0) is 15.8. The van der Waals surface area contributed by atoms with Gasteiger partial charge in [0, 0.05) is 5.69 Å². The van der Waals surface area contributed by atoms with Crippen molar-refractivity contribution in [3.05, 3.63) is 66.2 Å². The summed E-state index contributed by atoms with van der Waals surface area (Å²) in [7, 11) is 0. The van der Waals surface area contributed by atoms with Gasteiger partial charge in [0.1, 0.15) is 0 Å². The van der Waals surface area contributed by atoms with Crippen molar-refractivity contribution < 1.29 is 9.59 Å². The summed E-state index contributed by atoms with van der Waals surface area (Å²) in [5.41, 5.74) is 1.70. The Morgan fingerprint density at radius 2 is 1.55 bits per heavy atom. The number of benzene rings is 2. The van der Waals surface area contributed by atoms with Crippen LogP contribution in [0.4, 0.5) is 10.5 Å². The lowest BCUT2D eigenvalue weighted by Crippen LogP contribution is -2.39. The second kappa shape index (κ2) is 7.83. The predicted octanol–water partition coefficient (Wildman–Crippen LogP) is 2.69. The molecular formula is C17H19N3O2. The summed E-state index contributed by atoms with van der Waals surface area (Å²) >= 11 is 0. The topological polar surface area (TPSA) is 70.2 Å². The van der Waals surface area contributed by atoms with E-state index in [-0.39, 0.29) is 18.5 Å². The molecule has 0 aromatic heterocycles. The minimum atomic E-state index is -0.409. The third-order valence-corrected chi connectivity index (χ3v) is 3.12. The number of amides is 3. The summed E-state index contributed by atoms with van der Waals surface area (Å²) in [6.07, 6.45) is 0. The van der Waals surface area contributed by atoms with Crippen LogP contribution in [-0.4, -0.2) is 18.5 Å². The highest BCUT2D eigenvalue weighted by Crippen LogP contribution is 2.10. The minimum Gasteiger partial charge on any atom is -0.348 e. The number of nitrogens with one attached hydrogen (secondary N) is 3. The van der Waals surface area contributed by atoms with Gasteiger partial charge in [-0.15, -0.1) is 0 Å². The predicted molar refractivity (Wildman–Crippen MR) is 86.5 cm³/mol. The van der Waals surface area contributed by atoms with Gasteiger partial charge >= 0.3 is 6.03 Å². The molecule has 5 nitrogen and oxygen atoms in total. The molecule has 0 heterocycles. The Bertz CT molecular complexity index is 614. The van der Waals surface area contributed by atoms with Crippen molar-refractivity contribution in [3.8, 4) is 0 Å². The fourth-order valence-electron chi connectivity index (χ4n) is 1.97. The Labute approximate surface area is 129 Å². The lowest BCUT2D eigenvalue weighted by molar-refractivity contribution is -0.120. The average Bonchev–Trinajstić information content (AvgIpc) is 2.55. The van der Waals surface area contributed by atoms with E-state index in [1.54, 1.807) is 12.1 Å². The van der Waals surface area contributed by atoms with Crippen LogP contribution in [0.1, 0.15) is 18.5 Å². The van der Waals surface area contributed by atoms with E-state index in [2.05, 4.69) is 16.0 Å². The molecule has 2 rings (SSSR count). The molecule has 1 atom stereocenters. The Morgan fingerprint density at radius 3 is 2.18 bits per heavy atom. The molecule has 0 saturated heterocycles. The van der Waals surface area contributed by atoms with Crippen molar-refractivity contribution in [2.75, 3.05) is 11.9 Å². The van der Waals surface area contributed by atoms with Crippen molar-refractivity contribution in [1.82, 2.24) is 10.6 Å². The molecule has 22 heavy (non-hydrogen) atoms. The van der Waals surface area contributed by atoms with Crippen LogP contribution in [0.25, 0.3) is 0 Å². The van der Waals surface area contributed by atoms with Gasteiger partial charge in [-0.05, 0) is 24.6 Å². The number of carbonyl (C=O) groups excluding carboxylic acids is 2. The Balaban J connectivity index is 1.74. The standard InChI is InChI=1S/C17H19N3O2/c1-13(14-8-4-2-5-9-14)19-16(21)12-18-17(22)20-15-10-6-3-7-11-15/h2-11,13H,12H2,1H3,(H,19,21)(H2,18,20,22). The van der Waals surface area contributed by atoms with Gasteiger partial charge < -0.3 is 16.0 Å². The Kier molecular flexibility index (Phi) is 5.54. The van der Waals surface area contributed by atoms with Gasteiger partial charge in [-0.25, -0.2) is 4.79 Å². The molecule has 0 aliphatic carbocycles. The van der Waals surface area contributed by atoms with E-state index in [4.69, 9.17) is 0 Å². The maximum atomic E-state index is 11.8. The number of anilines is 1. The quantitative estimate of drug-likeness (QED) is 0.794. The van der Waals surface area contributed by atoms with E-state index in [1.807, 2.05) is 55.5 Å². The second-order valence-corrected chi connectivity index (χ2v) is 4.87. The van der Waals surface area contributed by atoms with Crippen LogP contribution in [-0.2, 0) is 4.79 Å². The molecule has 5 heteroatoms. The fraction of sp³-hybridized carbons (Fsp3) is 0.176. The van der Waals surface area contributed by atoms with Crippen molar-refractivity contribution in [2.45, 2.75) is 13.0 Å². The summed E-state index contributed by atoms with van der Waals surface area (Å²) in [4.78, 5) is 23.5. The third kappa shape index (κ3) is 4.94. The van der Waals surface area contributed by atoms with Gasteiger partial charge in [-0.3, -0.25) is 4.79 Å². The minimum absolute atomic E-state index is 0.0736. The van der Waals surface area contributed by atoms with Crippen LogP contribution >= 0.6 is 0 Å². The van der Waals surface area contributed by atoms with Crippen LogP contribution < -0.4 is 16.0 Å². The molecule has 0 bridgehead atoms. The number of rotatable bonds is 5. The number of carbonyl (C=O) groups is 2. The third-order valence-electron chi connectivity index (χ3n) is 3.12. The lowest BCUT2D eigenvalue weighted by atomic mass is 10.1. The number of urea groups is 1. The Morgan fingerprint density at radius 1 is 0.955 bits per heavy atom. The largest absolute Gasteiger partial charge is 0.348 e. The SMILES string of the molecule is CC(NC(=O)CNC(=O)Nc1ccccc1)c1ccccc1. The summed E-state index contributed by atoms with van der Waals surface area (Å²) in [6.45, 7) is 1.83. The molecule has 2 aromatic carbocycles. The van der Waals surface area contributed by atoms with E-state index in [1.165, 1.54) is 0 Å². The zero-order valence-corrected chi connectivity index (χ0v) is 12.4. The monoisotopic (exact) mass is 297 g/mol. The van der Waals surface area contributed by atoms with Gasteiger partial charge in [-0.1, -0.05) is 48.5 Å². The maximum absolute atomic E-state index is 11.8. The van der Waals surface area contributed by atoms with Crippen LogP contribution in [0.5, 0.6) is 0 Å². The highest BCUT2D eigenvalue weighted by atomic mass is 16.2. The Hall–Kier alpha value is -2.82. The normalized spacial score (nSPS) is 11.3. The highest BCUT2D eigenvalue weighted by molar-refractivity contribution is 5.92. The van der Waals surface area contributed by atoms with E-state index < -0.39 is 6.03 Å². The molecule has 0 spiro atoms. The summed E-state index contributed by atoms with van der Waals surface area (Å²) < 4.78 is 0. The molecule has 0 saturated carbocycles. The van der Waals surface area contributed by atoms with E-state index in [0.717, 1.165) is 5.56 Å². The molecule has 114 valence electrons.